The van der Waals surface area contributed by atoms with Crippen molar-refractivity contribution in [3.63, 3.8) is 0 Å². The summed E-state index contributed by atoms with van der Waals surface area (Å²) in [4.78, 5) is 13.9. The van der Waals surface area contributed by atoms with Crippen molar-refractivity contribution < 1.29 is 9.00 Å². The fourth-order valence-corrected chi connectivity index (χ4v) is 3.49. The Kier molecular flexibility index (Phi) is 4.94. The van der Waals surface area contributed by atoms with Crippen LogP contribution in [-0.2, 0) is 22.0 Å². The van der Waals surface area contributed by atoms with Gasteiger partial charge in [-0.2, -0.15) is 0 Å². The van der Waals surface area contributed by atoms with Crippen molar-refractivity contribution in [2.45, 2.75) is 32.5 Å². The highest BCUT2D eigenvalue weighted by atomic mass is 32.2. The first-order valence-electron chi connectivity index (χ1n) is 6.96. The molecule has 110 valence electrons. The van der Waals surface area contributed by atoms with E-state index in [-0.39, 0.29) is 18.1 Å². The van der Waals surface area contributed by atoms with Crippen molar-refractivity contribution in [3.05, 3.63) is 35.4 Å². The van der Waals surface area contributed by atoms with E-state index in [4.69, 9.17) is 0 Å². The molecule has 0 aromatic heterocycles. The van der Waals surface area contributed by atoms with Crippen LogP contribution in [0.3, 0.4) is 0 Å². The SMILES string of the molecule is CCc1ccc(C2NCC(=O)N2C(C)CS(C)=O)cc1. The van der Waals surface area contributed by atoms with Gasteiger partial charge in [-0.3, -0.25) is 14.3 Å². The highest BCUT2D eigenvalue weighted by Crippen LogP contribution is 2.25. The molecule has 1 aromatic rings. The van der Waals surface area contributed by atoms with Crippen molar-refractivity contribution in [2.75, 3.05) is 18.6 Å². The van der Waals surface area contributed by atoms with E-state index in [1.807, 2.05) is 11.8 Å². The molecule has 4 nitrogen and oxygen atoms in total. The molecule has 1 aliphatic rings. The summed E-state index contributed by atoms with van der Waals surface area (Å²) in [6.45, 7) is 4.43. The van der Waals surface area contributed by atoms with Gasteiger partial charge in [-0.15, -0.1) is 0 Å². The third kappa shape index (κ3) is 3.27. The number of benzene rings is 1. The van der Waals surface area contributed by atoms with Crippen LogP contribution < -0.4 is 5.32 Å². The monoisotopic (exact) mass is 294 g/mol. The number of carbonyl (C=O) groups is 1. The summed E-state index contributed by atoms with van der Waals surface area (Å²) in [6.07, 6.45) is 2.58. The molecule has 3 atom stereocenters. The van der Waals surface area contributed by atoms with Gasteiger partial charge in [0, 0.05) is 28.9 Å². The van der Waals surface area contributed by atoms with E-state index >= 15 is 0 Å². The lowest BCUT2D eigenvalue weighted by molar-refractivity contribution is -0.129. The van der Waals surface area contributed by atoms with Crippen molar-refractivity contribution in [1.29, 1.82) is 0 Å². The number of carbonyl (C=O) groups excluding carboxylic acids is 1. The fourth-order valence-electron chi connectivity index (χ4n) is 2.65. The summed E-state index contributed by atoms with van der Waals surface area (Å²) in [7, 11) is -0.905. The number of nitrogens with one attached hydrogen (secondary N) is 1. The normalized spacial score (nSPS) is 22.1. The molecule has 0 saturated carbocycles. The second-order valence-corrected chi connectivity index (χ2v) is 6.75. The summed E-state index contributed by atoms with van der Waals surface area (Å²) >= 11 is 0. The van der Waals surface area contributed by atoms with Crippen molar-refractivity contribution in [1.82, 2.24) is 10.2 Å². The Balaban J connectivity index is 2.20. The van der Waals surface area contributed by atoms with Gasteiger partial charge >= 0.3 is 0 Å². The number of aryl methyl sites for hydroxylation is 1. The fraction of sp³-hybridized carbons (Fsp3) is 0.533. The predicted octanol–water partition coefficient (Wildman–Crippen LogP) is 1.45. The lowest BCUT2D eigenvalue weighted by Gasteiger charge is -2.30. The van der Waals surface area contributed by atoms with Crippen LogP contribution in [-0.4, -0.2) is 39.6 Å². The van der Waals surface area contributed by atoms with Crippen LogP contribution in [0.2, 0.25) is 0 Å². The highest BCUT2D eigenvalue weighted by molar-refractivity contribution is 7.84. The van der Waals surface area contributed by atoms with Crippen molar-refractivity contribution in [2.24, 2.45) is 0 Å². The topological polar surface area (TPSA) is 49.4 Å². The number of hydrogen-bond donors (Lipinski definition) is 1. The molecular formula is C15H22N2O2S. The molecule has 3 unspecified atom stereocenters. The predicted molar refractivity (Wildman–Crippen MR) is 81.8 cm³/mol. The highest BCUT2D eigenvalue weighted by Gasteiger charge is 2.35. The third-order valence-electron chi connectivity index (χ3n) is 3.67. The minimum Gasteiger partial charge on any atom is -0.318 e. The molecule has 1 aromatic carbocycles. The molecule has 1 amide bonds. The molecule has 0 aliphatic carbocycles. The molecule has 2 rings (SSSR count). The van der Waals surface area contributed by atoms with Gasteiger partial charge < -0.3 is 4.90 Å². The van der Waals surface area contributed by atoms with E-state index in [0.29, 0.717) is 12.3 Å². The minimum atomic E-state index is -0.905. The second kappa shape index (κ2) is 6.50. The van der Waals surface area contributed by atoms with E-state index in [0.717, 1.165) is 12.0 Å². The maximum absolute atomic E-state index is 12.1. The Hall–Kier alpha value is -1.20. The number of nitrogens with zero attached hydrogens (tertiary/aromatic N) is 1. The van der Waals surface area contributed by atoms with Crippen LogP contribution in [0.25, 0.3) is 0 Å². The molecule has 5 heteroatoms. The smallest absolute Gasteiger partial charge is 0.238 e. The maximum Gasteiger partial charge on any atom is 0.238 e. The summed E-state index contributed by atoms with van der Waals surface area (Å²) in [5, 5.41) is 3.24. The second-order valence-electron chi connectivity index (χ2n) is 5.27. The number of rotatable bonds is 5. The third-order valence-corrected chi connectivity index (χ3v) is 4.62. The van der Waals surface area contributed by atoms with E-state index in [1.54, 1.807) is 6.26 Å². The average molecular weight is 294 g/mol. The molecule has 1 saturated heterocycles. The molecule has 1 N–H and O–H groups in total. The van der Waals surface area contributed by atoms with Gasteiger partial charge in [0.05, 0.1) is 6.54 Å². The average Bonchev–Trinajstić information content (AvgIpc) is 2.80. The molecule has 20 heavy (non-hydrogen) atoms. The zero-order valence-electron chi connectivity index (χ0n) is 12.3. The largest absolute Gasteiger partial charge is 0.318 e. The van der Waals surface area contributed by atoms with Crippen LogP contribution in [0.15, 0.2) is 24.3 Å². The van der Waals surface area contributed by atoms with Gasteiger partial charge in [0.1, 0.15) is 6.17 Å². The molecule has 1 aliphatic heterocycles. The minimum absolute atomic E-state index is 0.0285. The van der Waals surface area contributed by atoms with Gasteiger partial charge in [-0.25, -0.2) is 0 Å². The van der Waals surface area contributed by atoms with Crippen molar-refractivity contribution >= 4 is 16.7 Å². The zero-order chi connectivity index (χ0) is 14.7. The molecule has 1 heterocycles. The van der Waals surface area contributed by atoms with Crippen LogP contribution in [0.4, 0.5) is 0 Å². The lowest BCUT2D eigenvalue weighted by Crippen LogP contribution is -2.40. The summed E-state index contributed by atoms with van der Waals surface area (Å²) in [5.74, 6) is 0.587. The molecule has 0 spiro atoms. The Morgan fingerprint density at radius 2 is 2.05 bits per heavy atom. The van der Waals surface area contributed by atoms with E-state index in [9.17, 15) is 9.00 Å². The molecule has 0 radical (unpaired) electrons. The zero-order valence-corrected chi connectivity index (χ0v) is 13.1. The Morgan fingerprint density at radius 1 is 1.40 bits per heavy atom. The summed E-state index contributed by atoms with van der Waals surface area (Å²) < 4.78 is 11.4. The van der Waals surface area contributed by atoms with Gasteiger partial charge in [0.2, 0.25) is 5.91 Å². The Morgan fingerprint density at radius 3 is 2.60 bits per heavy atom. The maximum atomic E-state index is 12.1. The van der Waals surface area contributed by atoms with Crippen LogP contribution >= 0.6 is 0 Å². The molecule has 0 bridgehead atoms. The lowest BCUT2D eigenvalue weighted by atomic mass is 10.1. The van der Waals surface area contributed by atoms with Gasteiger partial charge in [0.15, 0.2) is 0 Å². The summed E-state index contributed by atoms with van der Waals surface area (Å²) in [6, 6.07) is 8.30. The first-order chi connectivity index (χ1) is 9.52. The van der Waals surface area contributed by atoms with Gasteiger partial charge in [-0.05, 0) is 24.5 Å². The Bertz CT molecular complexity index is 501. The first-order valence-corrected chi connectivity index (χ1v) is 8.69. The number of amides is 1. The van der Waals surface area contributed by atoms with Gasteiger partial charge in [0.25, 0.3) is 0 Å². The van der Waals surface area contributed by atoms with Crippen LogP contribution in [0.5, 0.6) is 0 Å². The first kappa shape index (κ1) is 15.2. The van der Waals surface area contributed by atoms with E-state index in [1.165, 1.54) is 5.56 Å². The quantitative estimate of drug-likeness (QED) is 0.894. The number of hydrogen-bond acceptors (Lipinski definition) is 3. The van der Waals surface area contributed by atoms with E-state index in [2.05, 4.69) is 36.5 Å². The van der Waals surface area contributed by atoms with E-state index < -0.39 is 10.8 Å². The van der Waals surface area contributed by atoms with Crippen LogP contribution in [0, 0.1) is 0 Å². The Labute approximate surface area is 123 Å². The van der Waals surface area contributed by atoms with Crippen molar-refractivity contribution in [3.8, 4) is 0 Å². The van der Waals surface area contributed by atoms with Gasteiger partial charge in [-0.1, -0.05) is 31.2 Å². The molecule has 1 fully saturated rings. The standard InChI is InChI=1S/C15H22N2O2S/c1-4-12-5-7-13(8-6-12)15-16-9-14(18)17(15)11(2)10-20(3)19/h5-8,11,15-16H,4,9-10H2,1-3H3. The van der Waals surface area contributed by atoms with Crippen LogP contribution in [0.1, 0.15) is 31.1 Å². The molecular weight excluding hydrogens is 272 g/mol. The summed E-state index contributed by atoms with van der Waals surface area (Å²) in [5.41, 5.74) is 2.37.